The molecule has 0 amide bonds. The lowest BCUT2D eigenvalue weighted by Gasteiger charge is -2.37. The van der Waals surface area contributed by atoms with Gasteiger partial charge in [-0.15, -0.1) is 0 Å². The molecule has 146 valence electrons. The number of hydrogen-bond donors (Lipinski definition) is 2. The Kier molecular flexibility index (Phi) is 6.66. The van der Waals surface area contributed by atoms with E-state index >= 15 is 0 Å². The molecule has 0 aliphatic carbocycles. The highest BCUT2D eigenvalue weighted by Crippen LogP contribution is 2.21. The normalized spacial score (nSPS) is 21.1. The molecule has 2 saturated heterocycles. The number of piperazine rings is 1. The monoisotopic (exact) mass is 382 g/mol. The van der Waals surface area contributed by atoms with Crippen LogP contribution in [0.4, 0.5) is 5.13 Å². The molecule has 0 atom stereocenters. The maximum atomic E-state index is 10.6. The van der Waals surface area contributed by atoms with Crippen LogP contribution in [0.25, 0.3) is 0 Å². The van der Waals surface area contributed by atoms with Crippen LogP contribution in [0.5, 0.6) is 0 Å². The highest BCUT2D eigenvalue weighted by Gasteiger charge is 2.30. The zero-order valence-electron chi connectivity index (χ0n) is 15.8. The van der Waals surface area contributed by atoms with Crippen molar-refractivity contribution in [3.8, 4) is 0 Å². The maximum absolute atomic E-state index is 10.6. The molecule has 3 heterocycles. The van der Waals surface area contributed by atoms with E-state index in [4.69, 9.17) is 9.73 Å². The van der Waals surface area contributed by atoms with Crippen LogP contribution >= 0.6 is 11.5 Å². The quantitative estimate of drug-likeness (QED) is 0.573. The van der Waals surface area contributed by atoms with Gasteiger partial charge in [0.25, 0.3) is 0 Å². The minimum Gasteiger partial charge on any atom is -0.388 e. The minimum absolute atomic E-state index is 0.426. The molecule has 2 fully saturated rings. The van der Waals surface area contributed by atoms with Gasteiger partial charge in [0.15, 0.2) is 5.96 Å². The lowest BCUT2D eigenvalue weighted by Crippen LogP contribution is -2.53. The number of nitrogens with one attached hydrogen (secondary N) is 1. The Bertz CT molecular complexity index is 594. The van der Waals surface area contributed by atoms with Crippen molar-refractivity contribution in [2.75, 3.05) is 57.4 Å². The Labute approximate surface area is 159 Å². The van der Waals surface area contributed by atoms with Gasteiger partial charge in [-0.1, -0.05) is 6.92 Å². The topological polar surface area (TPSA) is 86.1 Å². The van der Waals surface area contributed by atoms with Gasteiger partial charge in [0.05, 0.1) is 12.1 Å². The highest BCUT2D eigenvalue weighted by atomic mass is 32.1. The van der Waals surface area contributed by atoms with Crippen LogP contribution in [-0.2, 0) is 11.2 Å². The zero-order chi connectivity index (χ0) is 18.4. The molecule has 1 aromatic rings. The molecule has 2 aliphatic heterocycles. The number of rotatable bonds is 5. The second kappa shape index (κ2) is 8.96. The largest absolute Gasteiger partial charge is 0.388 e. The van der Waals surface area contributed by atoms with Gasteiger partial charge in [-0.3, -0.25) is 4.99 Å². The van der Waals surface area contributed by atoms with Gasteiger partial charge in [0, 0.05) is 76.7 Å². The van der Waals surface area contributed by atoms with Crippen molar-refractivity contribution >= 4 is 22.6 Å². The van der Waals surface area contributed by atoms with Crippen LogP contribution in [0.15, 0.2) is 4.99 Å². The molecule has 0 saturated carbocycles. The number of aliphatic imine (C=N–C) groups is 1. The third-order valence-electron chi connectivity index (χ3n) is 4.90. The summed E-state index contributed by atoms with van der Waals surface area (Å²) in [6.07, 6.45) is 2.18. The standard InChI is InChI=1S/C17H30N6O2S/c1-3-14-20-16(26-21-14)23-9-7-22(8-10-23)15(18-4-2)19-13-17(24)5-11-25-12-6-17/h24H,3-13H2,1-2H3,(H,18,19). The lowest BCUT2D eigenvalue weighted by atomic mass is 9.95. The Hall–Kier alpha value is -1.45. The zero-order valence-corrected chi connectivity index (χ0v) is 16.6. The molecule has 2 N–H and O–H groups in total. The first-order valence-electron chi connectivity index (χ1n) is 9.54. The first-order chi connectivity index (χ1) is 12.6. The predicted molar refractivity (Wildman–Crippen MR) is 104 cm³/mol. The summed E-state index contributed by atoms with van der Waals surface area (Å²) in [4.78, 5) is 13.9. The molecule has 0 spiro atoms. The average molecular weight is 383 g/mol. The summed E-state index contributed by atoms with van der Waals surface area (Å²) in [5.41, 5.74) is -0.732. The Morgan fingerprint density at radius 2 is 2.00 bits per heavy atom. The fourth-order valence-corrected chi connectivity index (χ4v) is 3.98. The van der Waals surface area contributed by atoms with Crippen molar-refractivity contribution in [3.63, 3.8) is 0 Å². The molecule has 8 nitrogen and oxygen atoms in total. The van der Waals surface area contributed by atoms with E-state index in [1.54, 1.807) is 0 Å². The van der Waals surface area contributed by atoms with E-state index in [9.17, 15) is 5.11 Å². The van der Waals surface area contributed by atoms with Gasteiger partial charge in [0.2, 0.25) is 5.13 Å². The second-order valence-electron chi connectivity index (χ2n) is 6.83. The van der Waals surface area contributed by atoms with Crippen molar-refractivity contribution in [3.05, 3.63) is 5.82 Å². The summed E-state index contributed by atoms with van der Waals surface area (Å²) < 4.78 is 9.73. The van der Waals surface area contributed by atoms with E-state index in [1.807, 2.05) is 0 Å². The summed E-state index contributed by atoms with van der Waals surface area (Å²) >= 11 is 1.48. The van der Waals surface area contributed by atoms with Gasteiger partial charge in [-0.2, -0.15) is 4.37 Å². The molecule has 0 aromatic carbocycles. The summed E-state index contributed by atoms with van der Waals surface area (Å²) in [5, 5.41) is 15.0. The van der Waals surface area contributed by atoms with E-state index < -0.39 is 5.60 Å². The van der Waals surface area contributed by atoms with E-state index in [-0.39, 0.29) is 0 Å². The van der Waals surface area contributed by atoms with Crippen LogP contribution in [0, 0.1) is 0 Å². The fourth-order valence-electron chi connectivity index (χ4n) is 3.18. The van der Waals surface area contributed by atoms with Gasteiger partial charge in [0.1, 0.15) is 5.82 Å². The number of aryl methyl sites for hydroxylation is 1. The maximum Gasteiger partial charge on any atom is 0.205 e. The molecule has 26 heavy (non-hydrogen) atoms. The number of aromatic nitrogens is 2. The summed E-state index contributed by atoms with van der Waals surface area (Å²) in [6.45, 7) is 10.2. The van der Waals surface area contributed by atoms with Crippen molar-refractivity contribution in [1.82, 2.24) is 19.6 Å². The second-order valence-corrected chi connectivity index (χ2v) is 7.56. The van der Waals surface area contributed by atoms with E-state index in [0.29, 0.717) is 32.6 Å². The lowest BCUT2D eigenvalue weighted by molar-refractivity contribution is -0.0566. The highest BCUT2D eigenvalue weighted by molar-refractivity contribution is 7.09. The molecule has 3 rings (SSSR count). The average Bonchev–Trinajstić information content (AvgIpc) is 3.15. The third kappa shape index (κ3) is 4.83. The number of aliphatic hydroxyl groups is 1. The molecule has 0 radical (unpaired) electrons. The van der Waals surface area contributed by atoms with Crippen LogP contribution in [-0.4, -0.2) is 83.4 Å². The minimum atomic E-state index is -0.732. The van der Waals surface area contributed by atoms with Gasteiger partial charge >= 0.3 is 0 Å². The SMILES string of the molecule is CCNC(=NCC1(O)CCOCC1)N1CCN(c2nc(CC)ns2)CC1. The molecule has 2 aliphatic rings. The van der Waals surface area contributed by atoms with E-state index in [2.05, 4.69) is 38.3 Å². The van der Waals surface area contributed by atoms with Crippen molar-refractivity contribution in [2.45, 2.75) is 38.7 Å². The van der Waals surface area contributed by atoms with Crippen LogP contribution in [0.1, 0.15) is 32.5 Å². The molecular weight excluding hydrogens is 352 g/mol. The van der Waals surface area contributed by atoms with Crippen molar-refractivity contribution < 1.29 is 9.84 Å². The van der Waals surface area contributed by atoms with Crippen molar-refractivity contribution in [1.29, 1.82) is 0 Å². The molecule has 0 bridgehead atoms. The third-order valence-corrected chi connectivity index (χ3v) is 5.72. The van der Waals surface area contributed by atoms with Crippen molar-refractivity contribution in [2.24, 2.45) is 4.99 Å². The van der Waals surface area contributed by atoms with Crippen LogP contribution in [0.2, 0.25) is 0 Å². The Morgan fingerprint density at radius 1 is 1.27 bits per heavy atom. The van der Waals surface area contributed by atoms with E-state index in [1.165, 1.54) is 11.5 Å². The smallest absolute Gasteiger partial charge is 0.205 e. The number of nitrogens with zero attached hydrogens (tertiary/aromatic N) is 5. The van der Waals surface area contributed by atoms with Gasteiger partial charge in [-0.25, -0.2) is 4.98 Å². The van der Waals surface area contributed by atoms with E-state index in [0.717, 1.165) is 56.1 Å². The summed E-state index contributed by atoms with van der Waals surface area (Å²) in [6, 6.07) is 0. The fraction of sp³-hybridized carbons (Fsp3) is 0.824. The first-order valence-corrected chi connectivity index (χ1v) is 10.3. The molecular formula is C17H30N6O2S. The number of guanidine groups is 1. The number of hydrogen-bond acceptors (Lipinski definition) is 7. The Morgan fingerprint density at radius 3 is 2.62 bits per heavy atom. The van der Waals surface area contributed by atoms with Crippen LogP contribution in [0.3, 0.4) is 0 Å². The number of anilines is 1. The predicted octanol–water partition coefficient (Wildman–Crippen LogP) is 0.730. The molecule has 0 unspecified atom stereocenters. The first kappa shape index (κ1) is 19.3. The van der Waals surface area contributed by atoms with Gasteiger partial charge < -0.3 is 25.0 Å². The molecule has 1 aromatic heterocycles. The Balaban J connectivity index is 1.58. The summed E-state index contributed by atoms with van der Waals surface area (Å²) in [7, 11) is 0. The summed E-state index contributed by atoms with van der Waals surface area (Å²) in [5.74, 6) is 1.81. The van der Waals surface area contributed by atoms with Gasteiger partial charge in [-0.05, 0) is 6.92 Å². The van der Waals surface area contributed by atoms with Crippen LogP contribution < -0.4 is 10.2 Å². The molecule has 9 heteroatoms. The number of ether oxygens (including phenoxy) is 1.